The Bertz CT molecular complexity index is 385. The van der Waals surface area contributed by atoms with E-state index in [-0.39, 0.29) is 11.3 Å². The van der Waals surface area contributed by atoms with Crippen LogP contribution in [0.3, 0.4) is 0 Å². The van der Waals surface area contributed by atoms with Crippen molar-refractivity contribution in [3.8, 4) is 0 Å². The maximum Gasteiger partial charge on any atom is 0.251 e. The van der Waals surface area contributed by atoms with Gasteiger partial charge in [-0.25, -0.2) is 0 Å². The van der Waals surface area contributed by atoms with Crippen molar-refractivity contribution >= 4 is 17.5 Å². The van der Waals surface area contributed by atoms with E-state index >= 15 is 0 Å². The van der Waals surface area contributed by atoms with E-state index in [4.69, 9.17) is 16.3 Å². The molecule has 16 heavy (non-hydrogen) atoms. The van der Waals surface area contributed by atoms with E-state index in [2.05, 4.69) is 12.2 Å². The average molecular weight is 240 g/mol. The molecule has 1 aliphatic heterocycles. The summed E-state index contributed by atoms with van der Waals surface area (Å²) in [6, 6.07) is 6.86. The molecule has 1 aliphatic rings. The van der Waals surface area contributed by atoms with Crippen LogP contribution < -0.4 is 5.32 Å². The van der Waals surface area contributed by atoms with Crippen LogP contribution in [0.5, 0.6) is 0 Å². The Balaban J connectivity index is 1.90. The van der Waals surface area contributed by atoms with E-state index in [0.717, 1.165) is 0 Å². The van der Waals surface area contributed by atoms with Gasteiger partial charge in [-0.15, -0.1) is 0 Å². The summed E-state index contributed by atoms with van der Waals surface area (Å²) in [5.41, 5.74) is 0.732. The van der Waals surface area contributed by atoms with Crippen LogP contribution >= 0.6 is 11.6 Å². The van der Waals surface area contributed by atoms with Crippen molar-refractivity contribution < 1.29 is 9.53 Å². The highest BCUT2D eigenvalue weighted by Gasteiger charge is 2.33. The first kappa shape index (κ1) is 11.4. The van der Waals surface area contributed by atoms with Gasteiger partial charge in [-0.2, -0.15) is 0 Å². The van der Waals surface area contributed by atoms with Crippen molar-refractivity contribution in [3.05, 3.63) is 34.9 Å². The lowest BCUT2D eigenvalue weighted by Gasteiger charge is -2.38. The molecule has 0 aliphatic carbocycles. The Kier molecular flexibility index (Phi) is 3.17. The summed E-state index contributed by atoms with van der Waals surface area (Å²) in [5, 5.41) is 3.53. The van der Waals surface area contributed by atoms with Gasteiger partial charge in [0.2, 0.25) is 0 Å². The fourth-order valence-corrected chi connectivity index (χ4v) is 1.68. The summed E-state index contributed by atoms with van der Waals surface area (Å²) in [7, 11) is 0. The summed E-state index contributed by atoms with van der Waals surface area (Å²) >= 11 is 5.75. The average Bonchev–Trinajstić information content (AvgIpc) is 2.24. The van der Waals surface area contributed by atoms with Crippen molar-refractivity contribution in [1.82, 2.24) is 5.32 Å². The molecule has 1 aromatic carbocycles. The number of nitrogens with one attached hydrogen (secondary N) is 1. The predicted molar refractivity (Wildman–Crippen MR) is 62.7 cm³/mol. The summed E-state index contributed by atoms with van der Waals surface area (Å²) in [6.45, 7) is 4.18. The fourth-order valence-electron chi connectivity index (χ4n) is 1.55. The Labute approximate surface area is 99.7 Å². The van der Waals surface area contributed by atoms with Gasteiger partial charge in [-0.05, 0) is 24.3 Å². The van der Waals surface area contributed by atoms with Gasteiger partial charge in [0.1, 0.15) is 0 Å². The van der Waals surface area contributed by atoms with E-state index < -0.39 is 0 Å². The Hall–Kier alpha value is -1.06. The molecule has 1 aromatic rings. The summed E-state index contributed by atoms with van der Waals surface area (Å²) in [4.78, 5) is 11.7. The van der Waals surface area contributed by atoms with E-state index in [9.17, 15) is 4.79 Å². The number of halogens is 1. The lowest BCUT2D eigenvalue weighted by atomic mass is 9.89. The van der Waals surface area contributed by atoms with Crippen LogP contribution in [0.2, 0.25) is 5.02 Å². The lowest BCUT2D eigenvalue weighted by Crippen LogP contribution is -2.48. The molecule has 0 unspecified atom stereocenters. The third kappa shape index (κ3) is 2.54. The minimum Gasteiger partial charge on any atom is -0.380 e. The van der Waals surface area contributed by atoms with Crippen molar-refractivity contribution in [3.63, 3.8) is 0 Å². The highest BCUT2D eigenvalue weighted by atomic mass is 35.5. The van der Waals surface area contributed by atoms with Crippen molar-refractivity contribution in [2.75, 3.05) is 19.8 Å². The zero-order chi connectivity index (χ0) is 11.6. The van der Waals surface area contributed by atoms with Crippen LogP contribution in [0.1, 0.15) is 17.3 Å². The summed E-state index contributed by atoms with van der Waals surface area (Å²) in [5.74, 6) is -0.0650. The van der Waals surface area contributed by atoms with Gasteiger partial charge in [0, 0.05) is 22.5 Å². The molecule has 0 atom stereocenters. The quantitative estimate of drug-likeness (QED) is 0.878. The molecule has 1 fully saturated rings. The first-order valence-electron chi connectivity index (χ1n) is 5.21. The monoisotopic (exact) mass is 239 g/mol. The van der Waals surface area contributed by atoms with Gasteiger partial charge < -0.3 is 10.1 Å². The van der Waals surface area contributed by atoms with Crippen molar-refractivity contribution in [2.24, 2.45) is 5.41 Å². The first-order valence-corrected chi connectivity index (χ1v) is 5.58. The number of carbonyl (C=O) groups is 1. The minimum absolute atomic E-state index is 0.0650. The van der Waals surface area contributed by atoms with Gasteiger partial charge in [-0.3, -0.25) is 4.79 Å². The second-order valence-corrected chi connectivity index (χ2v) is 4.93. The van der Waals surface area contributed by atoms with Gasteiger partial charge in [-0.1, -0.05) is 18.5 Å². The molecule has 0 spiro atoms. The maximum atomic E-state index is 11.7. The second kappa shape index (κ2) is 4.44. The smallest absolute Gasteiger partial charge is 0.251 e. The number of ether oxygens (including phenoxy) is 1. The Morgan fingerprint density at radius 2 is 2.06 bits per heavy atom. The number of hydrogen-bond donors (Lipinski definition) is 1. The highest BCUT2D eigenvalue weighted by molar-refractivity contribution is 6.30. The van der Waals surface area contributed by atoms with Crippen LogP contribution in [0, 0.1) is 5.41 Å². The van der Waals surface area contributed by atoms with Crippen molar-refractivity contribution in [1.29, 1.82) is 0 Å². The van der Waals surface area contributed by atoms with Crippen molar-refractivity contribution in [2.45, 2.75) is 6.92 Å². The topological polar surface area (TPSA) is 38.3 Å². The van der Waals surface area contributed by atoms with Gasteiger partial charge >= 0.3 is 0 Å². The summed E-state index contributed by atoms with van der Waals surface area (Å²) in [6.07, 6.45) is 0. The largest absolute Gasteiger partial charge is 0.380 e. The van der Waals surface area contributed by atoms with Crippen LogP contribution in [-0.4, -0.2) is 25.7 Å². The summed E-state index contributed by atoms with van der Waals surface area (Å²) < 4.78 is 5.12. The molecule has 0 radical (unpaired) electrons. The zero-order valence-electron chi connectivity index (χ0n) is 9.13. The fraction of sp³-hybridized carbons (Fsp3) is 0.417. The van der Waals surface area contributed by atoms with E-state index in [0.29, 0.717) is 30.3 Å². The molecule has 1 heterocycles. The molecule has 4 heteroatoms. The standard InChI is InChI=1S/C12H14ClNO2/c1-12(7-16-8-12)6-14-11(15)9-2-4-10(13)5-3-9/h2-5H,6-8H2,1H3,(H,14,15). The molecule has 2 rings (SSSR count). The molecule has 1 amide bonds. The van der Waals surface area contributed by atoms with E-state index in [1.165, 1.54) is 0 Å². The van der Waals surface area contributed by atoms with Crippen LogP contribution in [-0.2, 0) is 4.74 Å². The lowest BCUT2D eigenvalue weighted by molar-refractivity contribution is -0.0978. The Morgan fingerprint density at radius 3 is 2.56 bits per heavy atom. The number of rotatable bonds is 3. The first-order chi connectivity index (χ1) is 7.59. The zero-order valence-corrected chi connectivity index (χ0v) is 9.88. The second-order valence-electron chi connectivity index (χ2n) is 4.49. The van der Waals surface area contributed by atoms with Gasteiger partial charge in [0.15, 0.2) is 0 Å². The van der Waals surface area contributed by atoms with E-state index in [1.807, 2.05) is 0 Å². The molecular weight excluding hydrogens is 226 g/mol. The predicted octanol–water partition coefficient (Wildman–Crippen LogP) is 2.11. The minimum atomic E-state index is -0.0650. The third-order valence-corrected chi connectivity index (χ3v) is 2.94. The molecule has 0 bridgehead atoms. The van der Waals surface area contributed by atoms with Crippen LogP contribution in [0.15, 0.2) is 24.3 Å². The molecule has 1 saturated heterocycles. The maximum absolute atomic E-state index is 11.7. The van der Waals surface area contributed by atoms with Crippen LogP contribution in [0.4, 0.5) is 0 Å². The number of benzene rings is 1. The normalized spacial score (nSPS) is 17.6. The van der Waals surface area contributed by atoms with Crippen LogP contribution in [0.25, 0.3) is 0 Å². The van der Waals surface area contributed by atoms with E-state index in [1.54, 1.807) is 24.3 Å². The van der Waals surface area contributed by atoms with Gasteiger partial charge in [0.25, 0.3) is 5.91 Å². The Morgan fingerprint density at radius 1 is 1.44 bits per heavy atom. The molecule has 3 nitrogen and oxygen atoms in total. The molecule has 86 valence electrons. The molecule has 1 N–H and O–H groups in total. The van der Waals surface area contributed by atoms with Gasteiger partial charge in [0.05, 0.1) is 13.2 Å². The third-order valence-electron chi connectivity index (χ3n) is 2.68. The molecular formula is C12H14ClNO2. The molecule has 0 saturated carbocycles. The number of carbonyl (C=O) groups excluding carboxylic acids is 1. The number of hydrogen-bond acceptors (Lipinski definition) is 2. The SMILES string of the molecule is CC1(CNC(=O)c2ccc(Cl)cc2)COC1. The highest BCUT2D eigenvalue weighted by Crippen LogP contribution is 2.25. The number of amides is 1. The molecule has 0 aromatic heterocycles.